The molecule has 0 fully saturated rings. The van der Waals surface area contributed by atoms with Crippen molar-refractivity contribution in [3.05, 3.63) is 62.9 Å². The minimum atomic E-state index is -0.0145. The van der Waals surface area contributed by atoms with E-state index in [-0.39, 0.29) is 11.5 Å². The summed E-state index contributed by atoms with van der Waals surface area (Å²) < 4.78 is 0. The summed E-state index contributed by atoms with van der Waals surface area (Å²) in [6.07, 6.45) is 0. The van der Waals surface area contributed by atoms with Gasteiger partial charge in [0.05, 0.1) is 12.3 Å². The van der Waals surface area contributed by atoms with Crippen LogP contribution in [0.1, 0.15) is 21.1 Å². The lowest BCUT2D eigenvalue weighted by atomic mass is 10.1. The van der Waals surface area contributed by atoms with E-state index in [0.717, 1.165) is 10.6 Å². The molecule has 3 nitrogen and oxygen atoms in total. The van der Waals surface area contributed by atoms with Crippen LogP contribution in [0.2, 0.25) is 0 Å². The second-order valence-electron chi connectivity index (χ2n) is 3.84. The second kappa shape index (κ2) is 5.03. The smallest absolute Gasteiger partial charge is 0.263 e. The average Bonchev–Trinajstić information content (AvgIpc) is 2.71. The number of aryl methyl sites for hydroxylation is 2. The predicted octanol–water partition coefficient (Wildman–Crippen LogP) is 4.06. The first-order valence-corrected chi connectivity index (χ1v) is 6.25. The fourth-order valence-electron chi connectivity index (χ4n) is 1.51. The molecule has 0 aliphatic heterocycles. The zero-order chi connectivity index (χ0) is 13.1. The van der Waals surface area contributed by atoms with E-state index in [1.165, 1.54) is 11.3 Å². The van der Waals surface area contributed by atoms with E-state index < -0.39 is 0 Å². The van der Waals surface area contributed by atoms with Gasteiger partial charge in [-0.1, -0.05) is 30.3 Å². The highest BCUT2D eigenvalue weighted by Crippen LogP contribution is 2.29. The second-order valence-corrected chi connectivity index (χ2v) is 5.04. The Labute approximate surface area is 110 Å². The lowest BCUT2D eigenvalue weighted by Crippen LogP contribution is -1.88. The molecule has 0 atom stereocenters. The summed E-state index contributed by atoms with van der Waals surface area (Å²) in [4.78, 5) is 8.79. The summed E-state index contributed by atoms with van der Waals surface area (Å²) in [6, 6.07) is 9.06. The van der Waals surface area contributed by atoms with Gasteiger partial charge in [-0.2, -0.15) is 0 Å². The Morgan fingerprint density at radius 1 is 1.28 bits per heavy atom. The number of rotatable bonds is 2. The Morgan fingerprint density at radius 2 is 1.94 bits per heavy atom. The van der Waals surface area contributed by atoms with Crippen LogP contribution in [0.25, 0.3) is 16.3 Å². The Balaban J connectivity index is 2.55. The van der Waals surface area contributed by atoms with Gasteiger partial charge in [0.25, 0.3) is 5.70 Å². The van der Waals surface area contributed by atoms with E-state index in [4.69, 9.17) is 6.57 Å². The number of aliphatic hydroxyl groups excluding tert-OH is 1. The molecule has 1 aromatic heterocycles. The fourth-order valence-corrected chi connectivity index (χ4v) is 2.41. The van der Waals surface area contributed by atoms with Gasteiger partial charge >= 0.3 is 0 Å². The molecule has 0 aliphatic rings. The van der Waals surface area contributed by atoms with Crippen LogP contribution in [0.15, 0.2) is 30.3 Å². The third kappa shape index (κ3) is 2.27. The third-order valence-electron chi connectivity index (χ3n) is 2.61. The molecule has 1 aromatic carbocycles. The molecule has 0 amide bonds. The summed E-state index contributed by atoms with van der Waals surface area (Å²) in [5.74, 6) is -0.0145. The lowest BCUT2D eigenvalue weighted by Gasteiger charge is -2.01. The van der Waals surface area contributed by atoms with E-state index in [9.17, 15) is 5.11 Å². The fraction of sp³-hybridized carbons (Fsp3) is 0.143. The van der Waals surface area contributed by atoms with Crippen molar-refractivity contribution < 1.29 is 5.11 Å². The molecule has 90 valence electrons. The summed E-state index contributed by atoms with van der Waals surface area (Å²) in [5, 5.41) is 10.7. The maximum atomic E-state index is 10.2. The van der Waals surface area contributed by atoms with Crippen molar-refractivity contribution in [3.8, 4) is 0 Å². The monoisotopic (exact) mass is 256 g/mol. The molecule has 0 saturated carbocycles. The standard InChI is InChI=1S/C14H12N2OS/c1-9-10(2)18-14(16-9)12(15-3)13(17)11-7-5-4-6-8-11/h4-8,17H,1-2H3/b13-12+. The van der Waals surface area contributed by atoms with E-state index in [0.29, 0.717) is 10.6 Å². The molecule has 0 bridgehead atoms. The Bertz CT molecular complexity index is 616. The van der Waals surface area contributed by atoms with Crippen LogP contribution in [0.3, 0.4) is 0 Å². The molecular formula is C14H12N2OS. The summed E-state index contributed by atoms with van der Waals surface area (Å²) in [5.41, 5.74) is 1.74. The Morgan fingerprint density at radius 3 is 2.44 bits per heavy atom. The van der Waals surface area contributed by atoms with Crippen LogP contribution in [0.4, 0.5) is 0 Å². The normalized spacial score (nSPS) is 11.8. The highest BCUT2D eigenvalue weighted by molar-refractivity contribution is 7.12. The number of aromatic nitrogens is 1. The summed E-state index contributed by atoms with van der Waals surface area (Å²) >= 11 is 1.43. The van der Waals surface area contributed by atoms with Crippen molar-refractivity contribution in [2.24, 2.45) is 0 Å². The average molecular weight is 256 g/mol. The van der Waals surface area contributed by atoms with Crippen molar-refractivity contribution in [2.75, 3.05) is 0 Å². The first kappa shape index (κ1) is 12.3. The molecular weight excluding hydrogens is 244 g/mol. The predicted molar refractivity (Wildman–Crippen MR) is 74.1 cm³/mol. The minimum absolute atomic E-state index is 0.0145. The number of hydrogen-bond donors (Lipinski definition) is 1. The van der Waals surface area contributed by atoms with Gasteiger partial charge in [-0.25, -0.2) is 4.85 Å². The van der Waals surface area contributed by atoms with Gasteiger partial charge in [0.1, 0.15) is 10.8 Å². The van der Waals surface area contributed by atoms with E-state index in [2.05, 4.69) is 9.83 Å². The number of aliphatic hydroxyl groups is 1. The van der Waals surface area contributed by atoms with Crippen molar-refractivity contribution in [3.63, 3.8) is 0 Å². The molecule has 2 rings (SSSR count). The van der Waals surface area contributed by atoms with Gasteiger partial charge in [0.15, 0.2) is 0 Å². The van der Waals surface area contributed by atoms with Crippen LogP contribution in [0, 0.1) is 20.4 Å². The molecule has 0 saturated heterocycles. The third-order valence-corrected chi connectivity index (χ3v) is 3.69. The molecule has 4 heteroatoms. The molecule has 1 heterocycles. The van der Waals surface area contributed by atoms with Crippen LogP contribution >= 0.6 is 11.3 Å². The van der Waals surface area contributed by atoms with Crippen molar-refractivity contribution >= 4 is 22.8 Å². The van der Waals surface area contributed by atoms with Gasteiger partial charge in [-0.05, 0) is 13.8 Å². The van der Waals surface area contributed by atoms with Gasteiger partial charge in [0.2, 0.25) is 0 Å². The van der Waals surface area contributed by atoms with Crippen molar-refractivity contribution in [1.82, 2.24) is 4.98 Å². The first-order valence-electron chi connectivity index (χ1n) is 5.44. The van der Waals surface area contributed by atoms with Gasteiger partial charge in [0, 0.05) is 10.4 Å². The van der Waals surface area contributed by atoms with Crippen molar-refractivity contribution in [2.45, 2.75) is 13.8 Å². The summed E-state index contributed by atoms with van der Waals surface area (Å²) in [6.45, 7) is 11.1. The Hall–Kier alpha value is -2.12. The van der Waals surface area contributed by atoms with Crippen LogP contribution < -0.4 is 0 Å². The SMILES string of the molecule is [C-]#[N+]/C(=C(/O)c1ccccc1)c1nc(C)c(C)s1. The highest BCUT2D eigenvalue weighted by atomic mass is 32.1. The van der Waals surface area contributed by atoms with Gasteiger partial charge < -0.3 is 5.11 Å². The number of hydrogen-bond acceptors (Lipinski definition) is 3. The van der Waals surface area contributed by atoms with Gasteiger partial charge in [-0.15, -0.1) is 11.3 Å². The molecule has 18 heavy (non-hydrogen) atoms. The maximum Gasteiger partial charge on any atom is 0.263 e. The molecule has 0 spiro atoms. The number of thiazole rings is 1. The van der Waals surface area contributed by atoms with E-state index in [1.54, 1.807) is 12.1 Å². The van der Waals surface area contributed by atoms with E-state index in [1.807, 2.05) is 32.0 Å². The molecule has 2 aromatic rings. The molecule has 1 N–H and O–H groups in total. The van der Waals surface area contributed by atoms with Crippen molar-refractivity contribution in [1.29, 1.82) is 0 Å². The zero-order valence-corrected chi connectivity index (χ0v) is 11.0. The Kier molecular flexibility index (Phi) is 3.45. The van der Waals surface area contributed by atoms with Crippen LogP contribution in [-0.2, 0) is 0 Å². The zero-order valence-electron chi connectivity index (χ0n) is 10.1. The molecule has 0 unspecified atom stereocenters. The quantitative estimate of drug-likeness (QED) is 0.649. The highest BCUT2D eigenvalue weighted by Gasteiger charge is 2.15. The number of benzene rings is 1. The van der Waals surface area contributed by atoms with Gasteiger partial charge in [-0.3, -0.25) is 4.98 Å². The van der Waals surface area contributed by atoms with Crippen LogP contribution in [-0.4, -0.2) is 10.1 Å². The minimum Gasteiger partial charge on any atom is -0.518 e. The van der Waals surface area contributed by atoms with E-state index >= 15 is 0 Å². The lowest BCUT2D eigenvalue weighted by molar-refractivity contribution is 0.514. The first-order chi connectivity index (χ1) is 8.63. The molecule has 0 aliphatic carbocycles. The maximum absolute atomic E-state index is 10.2. The van der Waals surface area contributed by atoms with Crippen LogP contribution in [0.5, 0.6) is 0 Å². The largest absolute Gasteiger partial charge is 0.518 e. The topological polar surface area (TPSA) is 37.5 Å². The summed E-state index contributed by atoms with van der Waals surface area (Å²) in [7, 11) is 0. The number of nitrogens with zero attached hydrogens (tertiary/aromatic N) is 2. The molecule has 0 radical (unpaired) electrons.